The molecule has 2 heterocycles. The van der Waals surface area contributed by atoms with Crippen molar-refractivity contribution < 1.29 is 28.1 Å². The minimum Gasteiger partial charge on any atom is -0.493 e. The number of pyridine rings is 1. The molecular weight excluding hydrogens is 487 g/mol. The summed E-state index contributed by atoms with van der Waals surface area (Å²) in [7, 11) is 4.40. The van der Waals surface area contributed by atoms with Crippen molar-refractivity contribution in [3.05, 3.63) is 66.4 Å². The largest absolute Gasteiger partial charge is 0.493 e. The first-order valence-corrected chi connectivity index (χ1v) is 10.5. The zero-order chi connectivity index (χ0) is 26.4. The van der Waals surface area contributed by atoms with Crippen LogP contribution in [-0.2, 0) is 0 Å². The van der Waals surface area contributed by atoms with Gasteiger partial charge in [0.15, 0.2) is 28.9 Å². The van der Waals surface area contributed by atoms with Crippen molar-refractivity contribution in [2.45, 2.75) is 0 Å². The average molecular weight is 508 g/mol. The molecule has 0 fully saturated rings. The molecule has 4 aromatic rings. The first-order chi connectivity index (χ1) is 17.9. The highest BCUT2D eigenvalue weighted by molar-refractivity contribution is 5.94. The summed E-state index contributed by atoms with van der Waals surface area (Å²) < 4.78 is 37.9. The fourth-order valence-corrected chi connectivity index (χ4v) is 3.28. The van der Waals surface area contributed by atoms with Crippen molar-refractivity contribution in [3.8, 4) is 34.6 Å². The Labute approximate surface area is 209 Å². The zero-order valence-corrected chi connectivity index (χ0v) is 19.9. The van der Waals surface area contributed by atoms with Gasteiger partial charge in [-0.25, -0.2) is 14.2 Å². The van der Waals surface area contributed by atoms with E-state index in [1.165, 1.54) is 69.0 Å². The summed E-state index contributed by atoms with van der Waals surface area (Å²) in [6.07, 6.45) is 4.15. The van der Waals surface area contributed by atoms with Gasteiger partial charge in [-0.15, -0.1) is 5.10 Å². The number of amides is 2. The molecule has 0 saturated heterocycles. The van der Waals surface area contributed by atoms with Gasteiger partial charge in [0.05, 0.1) is 33.2 Å². The van der Waals surface area contributed by atoms with Crippen LogP contribution in [0, 0.1) is 5.82 Å². The van der Waals surface area contributed by atoms with Crippen LogP contribution in [0.4, 0.5) is 14.9 Å². The van der Waals surface area contributed by atoms with Gasteiger partial charge in [0.2, 0.25) is 5.75 Å². The molecule has 0 radical (unpaired) electrons. The minimum absolute atomic E-state index is 0.0668. The lowest BCUT2D eigenvalue weighted by Gasteiger charge is -2.17. The third-order valence-corrected chi connectivity index (χ3v) is 4.94. The second kappa shape index (κ2) is 11.0. The summed E-state index contributed by atoms with van der Waals surface area (Å²) >= 11 is 0. The van der Waals surface area contributed by atoms with Crippen molar-refractivity contribution in [2.24, 2.45) is 10.8 Å². The normalized spacial score (nSPS) is 10.8. The second-order valence-corrected chi connectivity index (χ2v) is 7.14. The maximum absolute atomic E-state index is 14.9. The van der Waals surface area contributed by atoms with Crippen LogP contribution in [0.25, 0.3) is 5.82 Å². The zero-order valence-electron chi connectivity index (χ0n) is 19.9. The molecule has 0 atom stereocenters. The molecule has 14 heteroatoms. The Morgan fingerprint density at radius 2 is 1.84 bits per heavy atom. The number of hydrogen-bond donors (Lipinski definition) is 1. The number of nitrogens with two attached hydrogens (primary N) is 1. The number of carbonyl (C=O) groups excluding carboxylic acids is 1. The first-order valence-electron chi connectivity index (χ1n) is 10.5. The summed E-state index contributed by atoms with van der Waals surface area (Å²) in [4.78, 5) is 16.2. The molecule has 190 valence electrons. The quantitative estimate of drug-likeness (QED) is 0.266. The number of aromatic nitrogens is 5. The molecule has 2 N–H and O–H groups in total. The summed E-state index contributed by atoms with van der Waals surface area (Å²) in [5, 5.41) is 15.8. The fraction of sp³-hybridized carbons (Fsp3) is 0.130. The lowest BCUT2D eigenvalue weighted by Crippen LogP contribution is -2.31. The third kappa shape index (κ3) is 5.37. The molecule has 0 saturated carbocycles. The van der Waals surface area contributed by atoms with Gasteiger partial charge in [-0.3, -0.25) is 0 Å². The van der Waals surface area contributed by atoms with Gasteiger partial charge in [-0.05, 0) is 40.8 Å². The highest BCUT2D eigenvalue weighted by Gasteiger charge is 2.18. The van der Waals surface area contributed by atoms with E-state index in [0.29, 0.717) is 28.6 Å². The van der Waals surface area contributed by atoms with Crippen LogP contribution in [-0.4, -0.2) is 58.8 Å². The standard InChI is InChI=1S/C23H21FN8O5/c1-34-19-6-4-14(21(35-2)22(19)36-3)12-28-32(23(25)33)15-5-7-18(17(24)10-15)37-16-8-9-26-20(11-16)31-13-27-29-30-31/h4-13H,1-3H3,(H2,25,33)/b28-12+. The molecule has 0 aliphatic heterocycles. The molecule has 37 heavy (non-hydrogen) atoms. The molecule has 2 aromatic carbocycles. The molecule has 0 spiro atoms. The van der Waals surface area contributed by atoms with Crippen molar-refractivity contribution in [1.82, 2.24) is 25.2 Å². The van der Waals surface area contributed by atoms with E-state index < -0.39 is 11.8 Å². The number of carbonyl (C=O) groups is 1. The Kier molecular flexibility index (Phi) is 7.37. The highest BCUT2D eigenvalue weighted by Crippen LogP contribution is 2.39. The third-order valence-electron chi connectivity index (χ3n) is 4.94. The Morgan fingerprint density at radius 3 is 2.49 bits per heavy atom. The van der Waals surface area contributed by atoms with Gasteiger partial charge in [-0.2, -0.15) is 14.8 Å². The first kappa shape index (κ1) is 24.8. The van der Waals surface area contributed by atoms with E-state index in [9.17, 15) is 9.18 Å². The molecule has 0 bridgehead atoms. The summed E-state index contributed by atoms with van der Waals surface area (Å²) in [5.74, 6) is 0.905. The monoisotopic (exact) mass is 508 g/mol. The Bertz CT molecular complexity index is 1430. The Balaban J connectivity index is 1.59. The van der Waals surface area contributed by atoms with Gasteiger partial charge in [0.25, 0.3) is 0 Å². The van der Waals surface area contributed by atoms with E-state index in [1.54, 1.807) is 12.1 Å². The number of anilines is 1. The number of primary amides is 1. The molecule has 0 unspecified atom stereocenters. The SMILES string of the molecule is COc1ccc(/C=N/N(C(N)=O)c2ccc(Oc3ccnc(-n4cnnn4)c3)c(F)c2)c(OC)c1OC. The summed E-state index contributed by atoms with van der Waals surface area (Å²) in [6.45, 7) is 0. The van der Waals surface area contributed by atoms with Crippen molar-refractivity contribution in [3.63, 3.8) is 0 Å². The predicted octanol–water partition coefficient (Wildman–Crippen LogP) is 2.93. The lowest BCUT2D eigenvalue weighted by molar-refractivity contribution is 0.254. The van der Waals surface area contributed by atoms with Crippen LogP contribution in [0.1, 0.15) is 5.56 Å². The van der Waals surface area contributed by atoms with Crippen LogP contribution in [0.3, 0.4) is 0 Å². The van der Waals surface area contributed by atoms with Crippen molar-refractivity contribution in [1.29, 1.82) is 0 Å². The molecule has 0 aliphatic carbocycles. The summed E-state index contributed by atoms with van der Waals surface area (Å²) in [6, 6.07) is 9.25. The average Bonchev–Trinajstić information content (AvgIpc) is 3.45. The highest BCUT2D eigenvalue weighted by atomic mass is 19.1. The molecule has 2 aromatic heterocycles. The number of tetrazole rings is 1. The molecule has 4 rings (SSSR count). The van der Waals surface area contributed by atoms with Gasteiger partial charge in [0.1, 0.15) is 12.1 Å². The second-order valence-electron chi connectivity index (χ2n) is 7.14. The van der Waals surface area contributed by atoms with E-state index in [2.05, 4.69) is 25.6 Å². The Morgan fingerprint density at radius 1 is 1.05 bits per heavy atom. The van der Waals surface area contributed by atoms with Crippen LogP contribution in [0.2, 0.25) is 0 Å². The number of benzene rings is 2. The van der Waals surface area contributed by atoms with E-state index in [-0.39, 0.29) is 17.2 Å². The van der Waals surface area contributed by atoms with Crippen LogP contribution in [0.5, 0.6) is 28.7 Å². The van der Waals surface area contributed by atoms with E-state index in [4.69, 9.17) is 24.7 Å². The molecule has 0 aliphatic rings. The van der Waals surface area contributed by atoms with E-state index in [1.807, 2.05) is 0 Å². The predicted molar refractivity (Wildman–Crippen MR) is 129 cm³/mol. The van der Waals surface area contributed by atoms with Gasteiger partial charge in [0, 0.05) is 23.9 Å². The smallest absolute Gasteiger partial charge is 0.340 e. The van der Waals surface area contributed by atoms with Crippen molar-refractivity contribution in [2.75, 3.05) is 26.3 Å². The number of ether oxygens (including phenoxy) is 4. The number of nitrogens with zero attached hydrogens (tertiary/aromatic N) is 7. The van der Waals surface area contributed by atoms with Gasteiger partial charge in [-0.1, -0.05) is 0 Å². The van der Waals surface area contributed by atoms with E-state index >= 15 is 0 Å². The van der Waals surface area contributed by atoms with Gasteiger partial charge >= 0.3 is 6.03 Å². The Hall–Kier alpha value is -5.27. The van der Waals surface area contributed by atoms with Crippen LogP contribution < -0.4 is 29.7 Å². The number of urea groups is 1. The number of rotatable bonds is 9. The minimum atomic E-state index is -0.941. The maximum Gasteiger partial charge on any atom is 0.340 e. The molecule has 2 amide bonds. The van der Waals surface area contributed by atoms with Crippen molar-refractivity contribution >= 4 is 17.9 Å². The number of hydrogen-bond acceptors (Lipinski definition) is 10. The number of halogens is 1. The van der Waals surface area contributed by atoms with Gasteiger partial charge < -0.3 is 24.7 Å². The number of methoxy groups -OCH3 is 3. The number of hydrazone groups is 1. The lowest BCUT2D eigenvalue weighted by atomic mass is 10.2. The summed E-state index contributed by atoms with van der Waals surface area (Å²) in [5.41, 5.74) is 6.03. The topological polar surface area (TPSA) is 152 Å². The maximum atomic E-state index is 14.9. The molecular formula is C23H21FN8O5. The molecule has 13 nitrogen and oxygen atoms in total. The fourth-order valence-electron chi connectivity index (χ4n) is 3.28. The van der Waals surface area contributed by atoms with E-state index in [0.717, 1.165) is 11.1 Å². The van der Waals surface area contributed by atoms with Crippen LogP contribution >= 0.6 is 0 Å². The van der Waals surface area contributed by atoms with Crippen LogP contribution in [0.15, 0.2) is 60.1 Å².